The number of benzene rings is 1. The molecule has 0 heterocycles. The van der Waals surface area contributed by atoms with Crippen LogP contribution in [0.4, 0.5) is 0 Å². The molecule has 1 atom stereocenters. The summed E-state index contributed by atoms with van der Waals surface area (Å²) in [5.41, 5.74) is 8.16. The molecule has 0 amide bonds. The van der Waals surface area contributed by atoms with E-state index in [0.29, 0.717) is 0 Å². The second kappa shape index (κ2) is 4.42. The lowest BCUT2D eigenvalue weighted by Gasteiger charge is -2.04. The molecule has 0 saturated carbocycles. The van der Waals surface area contributed by atoms with Gasteiger partial charge in [0.05, 0.1) is 0 Å². The molecular weight excluding hydrogens is 154 g/mol. The van der Waals surface area contributed by atoms with Crippen molar-refractivity contribution in [2.24, 2.45) is 5.73 Å². The molecule has 0 bridgehead atoms. The van der Waals surface area contributed by atoms with Gasteiger partial charge in [0, 0.05) is 6.04 Å². The van der Waals surface area contributed by atoms with Gasteiger partial charge in [-0.2, -0.15) is 13.5 Å². The first-order chi connectivity index (χ1) is 4.70. The van der Waals surface area contributed by atoms with Crippen molar-refractivity contribution in [3.8, 4) is 0 Å². The van der Waals surface area contributed by atoms with Crippen LogP contribution in [0.1, 0.15) is 24.1 Å². The van der Waals surface area contributed by atoms with Crippen LogP contribution in [0.25, 0.3) is 0 Å². The first-order valence-corrected chi connectivity index (χ1v) is 3.52. The number of hydrogen-bond acceptors (Lipinski definition) is 1. The van der Waals surface area contributed by atoms with E-state index in [0.717, 1.165) is 0 Å². The molecule has 0 aliphatic carbocycles. The van der Waals surface area contributed by atoms with Gasteiger partial charge >= 0.3 is 0 Å². The molecule has 0 aliphatic heterocycles. The van der Waals surface area contributed by atoms with Gasteiger partial charge in [-0.05, 0) is 19.4 Å². The van der Waals surface area contributed by atoms with Crippen LogP contribution in [0.5, 0.6) is 0 Å². The SMILES string of the molecule is Cc1cccc([C@H](C)N)c1.S. The largest absolute Gasteiger partial charge is 0.324 e. The maximum Gasteiger partial charge on any atom is 0.0266 e. The van der Waals surface area contributed by atoms with E-state index >= 15 is 0 Å². The van der Waals surface area contributed by atoms with Gasteiger partial charge < -0.3 is 5.73 Å². The smallest absolute Gasteiger partial charge is 0.0266 e. The zero-order valence-electron chi connectivity index (χ0n) is 6.96. The van der Waals surface area contributed by atoms with E-state index in [9.17, 15) is 0 Å². The van der Waals surface area contributed by atoms with E-state index in [1.165, 1.54) is 11.1 Å². The van der Waals surface area contributed by atoms with E-state index in [-0.39, 0.29) is 19.5 Å². The molecule has 1 rings (SSSR count). The maximum atomic E-state index is 5.68. The Labute approximate surface area is 75.1 Å². The summed E-state index contributed by atoms with van der Waals surface area (Å²) in [6, 6.07) is 8.43. The summed E-state index contributed by atoms with van der Waals surface area (Å²) in [6.45, 7) is 4.07. The predicted octanol–water partition coefficient (Wildman–Crippen LogP) is 2.13. The van der Waals surface area contributed by atoms with Gasteiger partial charge in [0.2, 0.25) is 0 Å². The Morgan fingerprint density at radius 2 is 2.00 bits per heavy atom. The molecule has 0 spiro atoms. The molecule has 0 saturated heterocycles. The van der Waals surface area contributed by atoms with Crippen molar-refractivity contribution in [2.75, 3.05) is 0 Å². The molecule has 1 aromatic carbocycles. The van der Waals surface area contributed by atoms with Crippen molar-refractivity contribution in [3.05, 3.63) is 35.4 Å². The second-order valence-electron chi connectivity index (χ2n) is 2.70. The van der Waals surface area contributed by atoms with Crippen LogP contribution in [-0.4, -0.2) is 0 Å². The average molecular weight is 169 g/mol. The second-order valence-corrected chi connectivity index (χ2v) is 2.70. The Balaban J connectivity index is 0.000001000. The third-order valence-corrected chi connectivity index (χ3v) is 1.57. The van der Waals surface area contributed by atoms with Crippen LogP contribution >= 0.6 is 13.5 Å². The van der Waals surface area contributed by atoms with Crippen LogP contribution in [0.3, 0.4) is 0 Å². The van der Waals surface area contributed by atoms with Gasteiger partial charge in [0.15, 0.2) is 0 Å². The van der Waals surface area contributed by atoms with Gasteiger partial charge in [-0.15, -0.1) is 0 Å². The normalized spacial score (nSPS) is 11.9. The van der Waals surface area contributed by atoms with Crippen LogP contribution in [0.2, 0.25) is 0 Å². The van der Waals surface area contributed by atoms with Gasteiger partial charge in [-0.25, -0.2) is 0 Å². The van der Waals surface area contributed by atoms with Crippen molar-refractivity contribution in [2.45, 2.75) is 19.9 Å². The molecule has 62 valence electrons. The fourth-order valence-corrected chi connectivity index (χ4v) is 0.953. The standard InChI is InChI=1S/C9H13N.H2S/c1-7-4-3-5-9(6-7)8(2)10;/h3-6,8H,10H2,1-2H3;1H2/t8-;/m0./s1. The highest BCUT2D eigenvalue weighted by atomic mass is 32.1. The van der Waals surface area contributed by atoms with Gasteiger partial charge in [-0.1, -0.05) is 29.8 Å². The van der Waals surface area contributed by atoms with E-state index in [1.54, 1.807) is 0 Å². The van der Waals surface area contributed by atoms with E-state index < -0.39 is 0 Å². The van der Waals surface area contributed by atoms with Crippen molar-refractivity contribution in [1.29, 1.82) is 0 Å². The summed E-state index contributed by atoms with van der Waals surface area (Å²) >= 11 is 0. The molecule has 0 aromatic heterocycles. The summed E-state index contributed by atoms with van der Waals surface area (Å²) < 4.78 is 0. The highest BCUT2D eigenvalue weighted by Gasteiger charge is 1.96. The Morgan fingerprint density at radius 3 is 2.36 bits per heavy atom. The summed E-state index contributed by atoms with van der Waals surface area (Å²) in [6.07, 6.45) is 0. The fraction of sp³-hybridized carbons (Fsp3) is 0.333. The lowest BCUT2D eigenvalue weighted by molar-refractivity contribution is 0.817. The van der Waals surface area contributed by atoms with Crippen LogP contribution in [-0.2, 0) is 0 Å². The molecular formula is C9H15NS. The predicted molar refractivity (Wildman–Crippen MR) is 54.2 cm³/mol. The molecule has 2 N–H and O–H groups in total. The molecule has 11 heavy (non-hydrogen) atoms. The van der Waals surface area contributed by atoms with Crippen molar-refractivity contribution in [1.82, 2.24) is 0 Å². The minimum Gasteiger partial charge on any atom is -0.324 e. The molecule has 0 radical (unpaired) electrons. The van der Waals surface area contributed by atoms with Crippen LogP contribution in [0.15, 0.2) is 24.3 Å². The Morgan fingerprint density at radius 1 is 1.36 bits per heavy atom. The van der Waals surface area contributed by atoms with Crippen molar-refractivity contribution < 1.29 is 0 Å². The lowest BCUT2D eigenvalue weighted by atomic mass is 10.1. The quantitative estimate of drug-likeness (QED) is 0.684. The minimum atomic E-state index is 0. The first-order valence-electron chi connectivity index (χ1n) is 3.52. The van der Waals surface area contributed by atoms with Crippen molar-refractivity contribution >= 4 is 13.5 Å². The Bertz CT molecular complexity index is 221. The average Bonchev–Trinajstić information content (AvgIpc) is 1.88. The molecule has 2 heteroatoms. The number of nitrogens with two attached hydrogens (primary N) is 1. The highest BCUT2D eigenvalue weighted by molar-refractivity contribution is 7.59. The third-order valence-electron chi connectivity index (χ3n) is 1.57. The highest BCUT2D eigenvalue weighted by Crippen LogP contribution is 2.10. The van der Waals surface area contributed by atoms with Crippen LogP contribution < -0.4 is 5.73 Å². The van der Waals surface area contributed by atoms with Crippen LogP contribution in [0, 0.1) is 6.92 Å². The molecule has 0 unspecified atom stereocenters. The number of hydrogen-bond donors (Lipinski definition) is 1. The maximum absolute atomic E-state index is 5.68. The molecule has 1 aromatic rings. The zero-order valence-corrected chi connectivity index (χ0v) is 7.96. The topological polar surface area (TPSA) is 26.0 Å². The van der Waals surface area contributed by atoms with Gasteiger partial charge in [0.25, 0.3) is 0 Å². The minimum absolute atomic E-state index is 0. The lowest BCUT2D eigenvalue weighted by Crippen LogP contribution is -2.04. The molecule has 0 fully saturated rings. The van der Waals surface area contributed by atoms with Gasteiger partial charge in [-0.3, -0.25) is 0 Å². The number of rotatable bonds is 1. The monoisotopic (exact) mass is 169 g/mol. The molecule has 1 nitrogen and oxygen atoms in total. The molecule has 0 aliphatic rings. The summed E-state index contributed by atoms with van der Waals surface area (Å²) in [4.78, 5) is 0. The zero-order chi connectivity index (χ0) is 7.56. The number of aryl methyl sites for hydroxylation is 1. The van der Waals surface area contributed by atoms with E-state index in [4.69, 9.17) is 5.73 Å². The Hall–Kier alpha value is -0.470. The fourth-order valence-electron chi connectivity index (χ4n) is 0.953. The third kappa shape index (κ3) is 2.95. The van der Waals surface area contributed by atoms with E-state index in [2.05, 4.69) is 25.1 Å². The summed E-state index contributed by atoms with van der Waals surface area (Å²) in [5, 5.41) is 0. The van der Waals surface area contributed by atoms with Gasteiger partial charge in [0.1, 0.15) is 0 Å². The Kier molecular flexibility index (Phi) is 4.23. The van der Waals surface area contributed by atoms with E-state index in [1.807, 2.05) is 13.0 Å². The summed E-state index contributed by atoms with van der Waals surface area (Å²) in [5.74, 6) is 0. The summed E-state index contributed by atoms with van der Waals surface area (Å²) in [7, 11) is 0. The van der Waals surface area contributed by atoms with Crippen molar-refractivity contribution in [3.63, 3.8) is 0 Å². The first kappa shape index (κ1) is 10.5.